The van der Waals surface area contributed by atoms with Crippen molar-refractivity contribution in [2.75, 3.05) is 0 Å². The van der Waals surface area contributed by atoms with Crippen LogP contribution in [0.3, 0.4) is 0 Å². The molecule has 1 N–H and O–H groups in total. The Labute approximate surface area is 151 Å². The van der Waals surface area contributed by atoms with Crippen molar-refractivity contribution in [3.8, 4) is 5.75 Å². The van der Waals surface area contributed by atoms with Gasteiger partial charge in [0.25, 0.3) is 0 Å². The Morgan fingerprint density at radius 2 is 1.89 bits per heavy atom. The summed E-state index contributed by atoms with van der Waals surface area (Å²) < 4.78 is 0. The summed E-state index contributed by atoms with van der Waals surface area (Å²) in [5.74, 6) is -1.53. The van der Waals surface area contributed by atoms with Crippen LogP contribution in [0, 0.1) is 0 Å². The van der Waals surface area contributed by atoms with E-state index in [0.29, 0.717) is 0 Å². The molecule has 18 heavy (non-hydrogen) atoms. The topological polar surface area (TPSA) is 60.4 Å². The molecule has 0 atom stereocenters. The fourth-order valence-corrected chi connectivity index (χ4v) is 1.83. The summed E-state index contributed by atoms with van der Waals surface area (Å²) in [5.41, 5.74) is 0.802. The van der Waals surface area contributed by atoms with E-state index in [0.717, 1.165) is 18.4 Å². The van der Waals surface area contributed by atoms with Gasteiger partial charge in [0.1, 0.15) is 0 Å². The van der Waals surface area contributed by atoms with Gasteiger partial charge in [-0.1, -0.05) is 50.5 Å². The van der Waals surface area contributed by atoms with Gasteiger partial charge in [-0.15, -0.1) is 0 Å². The summed E-state index contributed by atoms with van der Waals surface area (Å²) in [5, 5.41) is 20.2. The van der Waals surface area contributed by atoms with Crippen LogP contribution in [0.1, 0.15) is 54.9 Å². The van der Waals surface area contributed by atoms with Gasteiger partial charge in [0.15, 0.2) is 0 Å². The average Bonchev–Trinajstić information content (AvgIpc) is 2.28. The van der Waals surface area contributed by atoms with E-state index in [9.17, 15) is 9.90 Å². The van der Waals surface area contributed by atoms with Crippen LogP contribution < -0.4 is 56.5 Å². The van der Waals surface area contributed by atoms with Gasteiger partial charge < -0.3 is 10.2 Å². The van der Waals surface area contributed by atoms with Gasteiger partial charge >= 0.3 is 57.4 Å². The Bertz CT molecular complexity index is 377. The van der Waals surface area contributed by atoms with Crippen molar-refractivity contribution in [2.24, 2.45) is 0 Å². The number of carboxylic acids is 1. The quantitative estimate of drug-likeness (QED) is 0.561. The molecule has 1 aromatic rings. The molecular weight excluding hydrogens is 255 g/mol. The number of hydrogen-bond acceptors (Lipinski definition) is 2. The van der Waals surface area contributed by atoms with Gasteiger partial charge in [-0.3, -0.25) is 0 Å². The molecule has 0 aliphatic carbocycles. The number of rotatable bonds is 7. The van der Waals surface area contributed by atoms with E-state index in [-0.39, 0.29) is 62.7 Å². The molecule has 0 aliphatic rings. The number of unbranched alkanes of at least 4 members (excludes halogenated alkanes) is 4. The molecule has 1 aromatic carbocycles. The first kappa shape index (κ1) is 18.1. The Kier molecular flexibility index (Phi) is 10.0. The second-order valence-electron chi connectivity index (χ2n) is 4.30. The summed E-state index contributed by atoms with van der Waals surface area (Å²) in [6.45, 7) is 2.17. The maximum Gasteiger partial charge on any atom is 1.00 e. The minimum atomic E-state index is -1.15. The van der Waals surface area contributed by atoms with Gasteiger partial charge in [0.2, 0.25) is 0 Å². The molecule has 0 spiro atoms. The van der Waals surface area contributed by atoms with E-state index in [4.69, 9.17) is 5.11 Å². The largest absolute Gasteiger partial charge is 1.00 e. The molecule has 0 saturated carbocycles. The van der Waals surface area contributed by atoms with Crippen molar-refractivity contribution >= 4 is 5.97 Å². The van der Waals surface area contributed by atoms with Crippen LogP contribution in [-0.4, -0.2) is 11.1 Å². The van der Waals surface area contributed by atoms with Gasteiger partial charge in [-0.05, 0) is 24.5 Å². The van der Waals surface area contributed by atoms with E-state index in [1.807, 2.05) is 0 Å². The maximum absolute atomic E-state index is 11.4. The minimum Gasteiger partial charge on any atom is -0.872 e. The zero-order valence-corrected chi connectivity index (χ0v) is 14.4. The standard InChI is InChI=1S/C14H20O3.K/c1-2-3-4-5-6-7-11-8-9-12(14(16)17)13(15)10-11;/h8-10,15H,2-7H2,1H3,(H,16,17);/q;+1/p-1. The number of benzene rings is 1. The first-order valence-corrected chi connectivity index (χ1v) is 6.18. The summed E-state index contributed by atoms with van der Waals surface area (Å²) in [7, 11) is 0. The van der Waals surface area contributed by atoms with E-state index >= 15 is 0 Å². The van der Waals surface area contributed by atoms with Crippen LogP contribution in [0.4, 0.5) is 0 Å². The second-order valence-corrected chi connectivity index (χ2v) is 4.30. The summed E-state index contributed by atoms with van der Waals surface area (Å²) in [6.07, 6.45) is 6.80. The molecular formula is C14H19KO3. The van der Waals surface area contributed by atoms with Crippen molar-refractivity contribution in [2.45, 2.75) is 45.4 Å². The molecule has 0 saturated heterocycles. The fourth-order valence-electron chi connectivity index (χ4n) is 1.83. The van der Waals surface area contributed by atoms with Gasteiger partial charge in [0, 0.05) is 0 Å². The molecule has 4 heteroatoms. The minimum absolute atomic E-state index is 0. The summed E-state index contributed by atoms with van der Waals surface area (Å²) in [4.78, 5) is 10.7. The van der Waals surface area contributed by atoms with Crippen LogP contribution in [0.2, 0.25) is 0 Å². The SMILES string of the molecule is CCCCCCCc1ccc(C(=O)O)c([O-])c1.[K+]. The number of carboxylic acid groups (broad SMARTS) is 1. The third-order valence-corrected chi connectivity index (χ3v) is 2.85. The maximum atomic E-state index is 11.4. The predicted octanol–water partition coefficient (Wildman–Crippen LogP) is -0.0247. The predicted molar refractivity (Wildman–Crippen MR) is 65.3 cm³/mol. The van der Waals surface area contributed by atoms with E-state index in [1.54, 1.807) is 6.07 Å². The molecule has 0 heterocycles. The second kappa shape index (κ2) is 9.98. The summed E-state index contributed by atoms with van der Waals surface area (Å²) in [6, 6.07) is 4.60. The number of aromatic carboxylic acids is 1. The smallest absolute Gasteiger partial charge is 0.872 e. The molecule has 1 rings (SSSR count). The Morgan fingerprint density at radius 1 is 1.22 bits per heavy atom. The van der Waals surface area contributed by atoms with Crippen LogP contribution in [0.5, 0.6) is 5.75 Å². The van der Waals surface area contributed by atoms with Crippen LogP contribution >= 0.6 is 0 Å². The van der Waals surface area contributed by atoms with Crippen LogP contribution in [0.15, 0.2) is 18.2 Å². The number of aryl methyl sites for hydroxylation is 1. The van der Waals surface area contributed by atoms with Crippen molar-refractivity contribution in [1.82, 2.24) is 0 Å². The van der Waals surface area contributed by atoms with Crippen molar-refractivity contribution in [3.63, 3.8) is 0 Å². The fraction of sp³-hybridized carbons (Fsp3) is 0.500. The molecule has 0 aliphatic heterocycles. The first-order chi connectivity index (χ1) is 8.15. The molecule has 0 aromatic heterocycles. The van der Waals surface area contributed by atoms with Crippen LogP contribution in [-0.2, 0) is 6.42 Å². The van der Waals surface area contributed by atoms with E-state index < -0.39 is 5.97 Å². The first-order valence-electron chi connectivity index (χ1n) is 6.18. The molecule has 94 valence electrons. The molecule has 0 unspecified atom stereocenters. The molecule has 0 bridgehead atoms. The molecule has 0 fully saturated rings. The van der Waals surface area contributed by atoms with Crippen molar-refractivity contribution in [3.05, 3.63) is 29.3 Å². The Balaban J connectivity index is 0.00000289. The zero-order valence-electron chi connectivity index (χ0n) is 11.2. The van der Waals surface area contributed by atoms with E-state index in [2.05, 4.69) is 6.92 Å². The summed E-state index contributed by atoms with van der Waals surface area (Å²) >= 11 is 0. The molecule has 0 amide bonds. The normalized spacial score (nSPS) is 9.83. The molecule has 0 radical (unpaired) electrons. The van der Waals surface area contributed by atoms with Crippen molar-refractivity contribution < 1.29 is 66.4 Å². The third-order valence-electron chi connectivity index (χ3n) is 2.85. The van der Waals surface area contributed by atoms with E-state index in [1.165, 1.54) is 37.8 Å². The number of carbonyl (C=O) groups is 1. The van der Waals surface area contributed by atoms with Gasteiger partial charge in [-0.25, -0.2) is 4.79 Å². The third kappa shape index (κ3) is 6.34. The number of hydrogen-bond donors (Lipinski definition) is 1. The zero-order chi connectivity index (χ0) is 12.7. The Hall–Kier alpha value is 0.126. The van der Waals surface area contributed by atoms with Gasteiger partial charge in [-0.2, -0.15) is 0 Å². The Morgan fingerprint density at radius 3 is 2.44 bits per heavy atom. The van der Waals surface area contributed by atoms with Crippen LogP contribution in [0.25, 0.3) is 0 Å². The molecule has 3 nitrogen and oxygen atoms in total. The van der Waals surface area contributed by atoms with Crippen molar-refractivity contribution in [1.29, 1.82) is 0 Å². The monoisotopic (exact) mass is 274 g/mol. The average molecular weight is 274 g/mol. The van der Waals surface area contributed by atoms with Gasteiger partial charge in [0.05, 0.1) is 5.56 Å².